The Kier molecular flexibility index (Phi) is 5.66. The SMILES string of the molecule is CC(=O)Nc1cccc(C(=O)N2CCC(NC(=O)C(F)(F)F)CC2)c1. The third-order valence-corrected chi connectivity index (χ3v) is 3.80. The van der Waals surface area contributed by atoms with E-state index in [1.165, 1.54) is 11.8 Å². The predicted molar refractivity (Wildman–Crippen MR) is 83.9 cm³/mol. The average Bonchev–Trinajstić information content (AvgIpc) is 2.53. The molecular formula is C16H18F3N3O3. The van der Waals surface area contributed by atoms with Crippen LogP contribution in [0.25, 0.3) is 0 Å². The lowest BCUT2D eigenvalue weighted by molar-refractivity contribution is -0.174. The zero-order valence-corrected chi connectivity index (χ0v) is 13.5. The molecule has 3 amide bonds. The van der Waals surface area contributed by atoms with Crippen LogP contribution >= 0.6 is 0 Å². The smallest absolute Gasteiger partial charge is 0.345 e. The summed E-state index contributed by atoms with van der Waals surface area (Å²) in [5, 5.41) is 4.52. The quantitative estimate of drug-likeness (QED) is 0.868. The number of nitrogens with zero attached hydrogens (tertiary/aromatic N) is 1. The van der Waals surface area contributed by atoms with E-state index in [-0.39, 0.29) is 37.7 Å². The molecule has 1 heterocycles. The number of carbonyl (C=O) groups is 3. The fourth-order valence-electron chi connectivity index (χ4n) is 2.61. The lowest BCUT2D eigenvalue weighted by Gasteiger charge is -2.32. The minimum absolute atomic E-state index is 0.242. The Morgan fingerprint density at radius 2 is 1.80 bits per heavy atom. The zero-order chi connectivity index (χ0) is 18.6. The van der Waals surface area contributed by atoms with Crippen molar-refractivity contribution >= 4 is 23.4 Å². The van der Waals surface area contributed by atoms with E-state index in [2.05, 4.69) is 5.32 Å². The van der Waals surface area contributed by atoms with Crippen LogP contribution in [0.3, 0.4) is 0 Å². The Hall–Kier alpha value is -2.58. The number of alkyl halides is 3. The molecule has 1 aromatic carbocycles. The Labute approximate surface area is 142 Å². The molecule has 0 saturated carbocycles. The molecule has 0 aromatic heterocycles. The van der Waals surface area contributed by atoms with Crippen LogP contribution in [0.2, 0.25) is 0 Å². The van der Waals surface area contributed by atoms with Crippen molar-refractivity contribution in [2.24, 2.45) is 0 Å². The van der Waals surface area contributed by atoms with Crippen LogP contribution in [-0.2, 0) is 9.59 Å². The molecule has 1 saturated heterocycles. The predicted octanol–water partition coefficient (Wildman–Crippen LogP) is 1.93. The van der Waals surface area contributed by atoms with Gasteiger partial charge < -0.3 is 15.5 Å². The highest BCUT2D eigenvalue weighted by Crippen LogP contribution is 2.19. The van der Waals surface area contributed by atoms with Gasteiger partial charge in [0.1, 0.15) is 0 Å². The highest BCUT2D eigenvalue weighted by molar-refractivity contribution is 5.96. The van der Waals surface area contributed by atoms with Crippen LogP contribution in [0.4, 0.5) is 18.9 Å². The van der Waals surface area contributed by atoms with Gasteiger partial charge in [-0.3, -0.25) is 14.4 Å². The van der Waals surface area contributed by atoms with Crippen LogP contribution in [0.15, 0.2) is 24.3 Å². The lowest BCUT2D eigenvalue weighted by atomic mass is 10.0. The summed E-state index contributed by atoms with van der Waals surface area (Å²) in [4.78, 5) is 36.0. The highest BCUT2D eigenvalue weighted by atomic mass is 19.4. The van der Waals surface area contributed by atoms with E-state index in [1.807, 2.05) is 5.32 Å². The molecule has 136 valence electrons. The number of hydrogen-bond acceptors (Lipinski definition) is 3. The molecule has 1 aliphatic heterocycles. The van der Waals surface area contributed by atoms with E-state index in [9.17, 15) is 27.6 Å². The minimum Gasteiger partial charge on any atom is -0.345 e. The summed E-state index contributed by atoms with van der Waals surface area (Å²) >= 11 is 0. The van der Waals surface area contributed by atoms with Gasteiger partial charge in [-0.1, -0.05) is 6.07 Å². The van der Waals surface area contributed by atoms with Gasteiger partial charge in [0.05, 0.1) is 0 Å². The molecule has 2 rings (SSSR count). The third-order valence-electron chi connectivity index (χ3n) is 3.80. The first kappa shape index (κ1) is 18.8. The number of benzene rings is 1. The third kappa shape index (κ3) is 5.20. The summed E-state index contributed by atoms with van der Waals surface area (Å²) in [6.45, 7) is 1.84. The van der Waals surface area contributed by atoms with Crippen molar-refractivity contribution in [1.82, 2.24) is 10.2 Å². The number of halogens is 3. The second-order valence-corrected chi connectivity index (χ2v) is 5.80. The van der Waals surface area contributed by atoms with E-state index < -0.39 is 18.1 Å². The van der Waals surface area contributed by atoms with E-state index >= 15 is 0 Å². The monoisotopic (exact) mass is 357 g/mol. The van der Waals surface area contributed by atoms with Gasteiger partial charge in [-0.15, -0.1) is 0 Å². The molecule has 0 aliphatic carbocycles. The summed E-state index contributed by atoms with van der Waals surface area (Å²) in [6, 6.07) is 5.82. The molecular weight excluding hydrogens is 339 g/mol. The highest BCUT2D eigenvalue weighted by Gasteiger charge is 2.40. The van der Waals surface area contributed by atoms with E-state index in [0.29, 0.717) is 11.3 Å². The van der Waals surface area contributed by atoms with Crippen LogP contribution in [0.5, 0.6) is 0 Å². The van der Waals surface area contributed by atoms with Crippen molar-refractivity contribution in [1.29, 1.82) is 0 Å². The summed E-state index contributed by atoms with van der Waals surface area (Å²) in [7, 11) is 0. The van der Waals surface area contributed by atoms with Gasteiger partial charge in [0.15, 0.2) is 0 Å². The molecule has 1 aromatic rings. The maximum Gasteiger partial charge on any atom is 0.471 e. The first-order valence-electron chi connectivity index (χ1n) is 7.71. The zero-order valence-electron chi connectivity index (χ0n) is 13.5. The average molecular weight is 357 g/mol. The second-order valence-electron chi connectivity index (χ2n) is 5.80. The van der Waals surface area contributed by atoms with Gasteiger partial charge in [-0.05, 0) is 31.0 Å². The van der Waals surface area contributed by atoms with Crippen molar-refractivity contribution in [3.63, 3.8) is 0 Å². The number of hydrogen-bond donors (Lipinski definition) is 2. The number of anilines is 1. The second kappa shape index (κ2) is 7.54. The van der Waals surface area contributed by atoms with E-state index in [4.69, 9.17) is 0 Å². The fourth-order valence-corrected chi connectivity index (χ4v) is 2.61. The number of amides is 3. The number of carbonyl (C=O) groups excluding carboxylic acids is 3. The summed E-state index contributed by atoms with van der Waals surface area (Å²) in [6.07, 6.45) is -4.41. The summed E-state index contributed by atoms with van der Waals surface area (Å²) in [5.74, 6) is -2.49. The lowest BCUT2D eigenvalue weighted by Crippen LogP contribution is -2.49. The fraction of sp³-hybridized carbons (Fsp3) is 0.438. The molecule has 25 heavy (non-hydrogen) atoms. The van der Waals surface area contributed by atoms with Crippen molar-refractivity contribution in [2.45, 2.75) is 32.0 Å². The van der Waals surface area contributed by atoms with E-state index in [0.717, 1.165) is 0 Å². The maximum atomic E-state index is 12.5. The van der Waals surface area contributed by atoms with Gasteiger partial charge >= 0.3 is 12.1 Å². The molecule has 0 bridgehead atoms. The molecule has 0 unspecified atom stereocenters. The van der Waals surface area contributed by atoms with Crippen LogP contribution < -0.4 is 10.6 Å². The van der Waals surface area contributed by atoms with Gasteiger partial charge in [-0.2, -0.15) is 13.2 Å². The number of nitrogens with one attached hydrogen (secondary N) is 2. The largest absolute Gasteiger partial charge is 0.471 e. The molecule has 0 spiro atoms. The Balaban J connectivity index is 1.93. The van der Waals surface area contributed by atoms with Crippen LogP contribution in [0.1, 0.15) is 30.1 Å². The summed E-state index contributed by atoms with van der Waals surface area (Å²) < 4.78 is 36.8. The topological polar surface area (TPSA) is 78.5 Å². The Morgan fingerprint density at radius 1 is 1.16 bits per heavy atom. The Morgan fingerprint density at radius 3 is 2.36 bits per heavy atom. The molecule has 1 fully saturated rings. The minimum atomic E-state index is -4.91. The number of piperidine rings is 1. The normalized spacial score (nSPS) is 15.6. The standard InChI is InChI=1S/C16H18F3N3O3/c1-10(23)20-13-4-2-3-11(9-13)14(24)22-7-5-12(6-8-22)21-15(25)16(17,18)19/h2-4,9,12H,5-8H2,1H3,(H,20,23)(H,21,25). The van der Waals surface area contributed by atoms with E-state index in [1.54, 1.807) is 24.3 Å². The Bertz CT molecular complexity index is 668. The van der Waals surface area contributed by atoms with Crippen molar-refractivity contribution in [3.05, 3.63) is 29.8 Å². The summed E-state index contributed by atoms with van der Waals surface area (Å²) in [5.41, 5.74) is 0.870. The van der Waals surface area contributed by atoms with Gasteiger partial charge in [0.25, 0.3) is 5.91 Å². The molecule has 2 N–H and O–H groups in total. The first-order valence-corrected chi connectivity index (χ1v) is 7.71. The maximum absolute atomic E-state index is 12.5. The van der Waals surface area contributed by atoms with Crippen molar-refractivity contribution in [2.75, 3.05) is 18.4 Å². The molecule has 0 atom stereocenters. The van der Waals surface area contributed by atoms with Gasteiger partial charge in [-0.25, -0.2) is 0 Å². The van der Waals surface area contributed by atoms with Crippen LogP contribution in [-0.4, -0.2) is 47.9 Å². The molecule has 6 nitrogen and oxygen atoms in total. The number of rotatable bonds is 3. The van der Waals surface area contributed by atoms with Gasteiger partial charge in [0, 0.05) is 37.3 Å². The molecule has 0 radical (unpaired) electrons. The molecule has 1 aliphatic rings. The van der Waals surface area contributed by atoms with Gasteiger partial charge in [0.2, 0.25) is 5.91 Å². The van der Waals surface area contributed by atoms with Crippen molar-refractivity contribution < 1.29 is 27.6 Å². The number of likely N-dealkylation sites (tertiary alicyclic amines) is 1. The molecule has 9 heteroatoms. The van der Waals surface area contributed by atoms with Crippen molar-refractivity contribution in [3.8, 4) is 0 Å². The first-order chi connectivity index (χ1) is 11.7. The van der Waals surface area contributed by atoms with Crippen LogP contribution in [0, 0.1) is 0 Å².